The van der Waals surface area contributed by atoms with E-state index in [1.807, 2.05) is 0 Å². The van der Waals surface area contributed by atoms with Crippen LogP contribution in [0.1, 0.15) is 150 Å². The zero-order valence-electron chi connectivity index (χ0n) is 18.6. The molecule has 25 heavy (non-hydrogen) atoms. The summed E-state index contributed by atoms with van der Waals surface area (Å²) in [5.41, 5.74) is 0. The second kappa shape index (κ2) is 20.3. The predicted octanol–water partition coefficient (Wildman–Crippen LogP) is 9.71. The van der Waals surface area contributed by atoms with Gasteiger partial charge in [0.15, 0.2) is 0 Å². The van der Waals surface area contributed by atoms with Gasteiger partial charge in [0.2, 0.25) is 0 Å². The Hall–Kier alpha value is 0. The highest BCUT2D eigenvalue weighted by Crippen LogP contribution is 2.26. The van der Waals surface area contributed by atoms with Crippen LogP contribution >= 0.6 is 0 Å². The average Bonchev–Trinajstić information content (AvgIpc) is 2.62. The Morgan fingerprint density at radius 1 is 0.400 bits per heavy atom. The molecule has 152 valence electrons. The lowest BCUT2D eigenvalue weighted by Gasteiger charge is -2.19. The molecule has 0 heterocycles. The maximum absolute atomic E-state index is 2.50. The molecule has 0 N–H and O–H groups in total. The number of hydrogen-bond donors (Lipinski definition) is 0. The lowest BCUT2D eigenvalue weighted by molar-refractivity contribution is 0.335. The maximum Gasteiger partial charge on any atom is -0.0414 e. The van der Waals surface area contributed by atoms with Gasteiger partial charge in [0, 0.05) is 0 Å². The van der Waals surface area contributed by atoms with Crippen LogP contribution < -0.4 is 0 Å². The summed E-state index contributed by atoms with van der Waals surface area (Å²) < 4.78 is 0. The van der Waals surface area contributed by atoms with E-state index in [1.54, 1.807) is 0 Å². The van der Waals surface area contributed by atoms with Crippen molar-refractivity contribution in [3.8, 4) is 0 Å². The van der Waals surface area contributed by atoms with E-state index in [2.05, 4.69) is 27.7 Å². The van der Waals surface area contributed by atoms with Crippen molar-refractivity contribution in [2.24, 2.45) is 11.8 Å². The first-order chi connectivity index (χ1) is 12.2. The smallest absolute Gasteiger partial charge is 0.0414 e. The third-order valence-corrected chi connectivity index (χ3v) is 6.05. The molecule has 2 atom stereocenters. The van der Waals surface area contributed by atoms with E-state index in [1.165, 1.54) is 122 Å². The zero-order chi connectivity index (χ0) is 18.6. The normalized spacial score (nSPS) is 13.9. The van der Waals surface area contributed by atoms with E-state index in [4.69, 9.17) is 0 Å². The van der Waals surface area contributed by atoms with Crippen molar-refractivity contribution < 1.29 is 0 Å². The molecule has 0 aliphatic heterocycles. The van der Waals surface area contributed by atoms with Crippen LogP contribution in [-0.2, 0) is 0 Å². The monoisotopic (exact) mass is 352 g/mol. The minimum Gasteiger partial charge on any atom is -0.0654 e. The Balaban J connectivity index is 3.90. The van der Waals surface area contributed by atoms with Crippen LogP contribution in [-0.4, -0.2) is 0 Å². The highest BCUT2D eigenvalue weighted by molar-refractivity contribution is 4.64. The van der Waals surface area contributed by atoms with Gasteiger partial charge in [-0.05, 0) is 11.8 Å². The van der Waals surface area contributed by atoms with Gasteiger partial charge in [-0.15, -0.1) is 0 Å². The average molecular weight is 353 g/mol. The first-order valence-corrected chi connectivity index (χ1v) is 12.2. The van der Waals surface area contributed by atoms with Crippen LogP contribution in [0.4, 0.5) is 0 Å². The lowest BCUT2D eigenvalue weighted by atomic mass is 9.87. The van der Waals surface area contributed by atoms with Crippen molar-refractivity contribution >= 4 is 0 Å². The minimum absolute atomic E-state index is 0.958. The molecule has 0 bridgehead atoms. The largest absolute Gasteiger partial charge is 0.0654 e. The Morgan fingerprint density at radius 2 is 0.800 bits per heavy atom. The van der Waals surface area contributed by atoms with Gasteiger partial charge in [-0.1, -0.05) is 150 Å². The quantitative estimate of drug-likeness (QED) is 0.191. The summed E-state index contributed by atoms with van der Waals surface area (Å²) >= 11 is 0. The summed E-state index contributed by atoms with van der Waals surface area (Å²) in [6, 6.07) is 0. The van der Waals surface area contributed by atoms with Crippen molar-refractivity contribution in [3.05, 3.63) is 0 Å². The van der Waals surface area contributed by atoms with Crippen LogP contribution in [0, 0.1) is 11.8 Å². The summed E-state index contributed by atoms with van der Waals surface area (Å²) in [5, 5.41) is 0. The van der Waals surface area contributed by atoms with Crippen molar-refractivity contribution in [1.29, 1.82) is 0 Å². The van der Waals surface area contributed by atoms with Gasteiger partial charge in [0.25, 0.3) is 0 Å². The Kier molecular flexibility index (Phi) is 20.3. The zero-order valence-corrected chi connectivity index (χ0v) is 18.6. The van der Waals surface area contributed by atoms with Crippen LogP contribution in [0.3, 0.4) is 0 Å². The van der Waals surface area contributed by atoms with Crippen LogP contribution in [0.5, 0.6) is 0 Å². The molecule has 0 radical (unpaired) electrons. The van der Waals surface area contributed by atoms with Crippen LogP contribution in [0.15, 0.2) is 0 Å². The van der Waals surface area contributed by atoms with Gasteiger partial charge in [-0.2, -0.15) is 0 Å². The summed E-state index contributed by atoms with van der Waals surface area (Å²) in [5.74, 6) is 1.99. The van der Waals surface area contributed by atoms with Crippen LogP contribution in [0.25, 0.3) is 0 Å². The van der Waals surface area contributed by atoms with Gasteiger partial charge in [-0.25, -0.2) is 0 Å². The lowest BCUT2D eigenvalue weighted by Crippen LogP contribution is -2.05. The fraction of sp³-hybridized carbons (Fsp3) is 1.00. The minimum atomic E-state index is 0.958. The molecule has 0 heteroatoms. The summed E-state index contributed by atoms with van der Waals surface area (Å²) in [6.45, 7) is 9.46. The van der Waals surface area contributed by atoms with Gasteiger partial charge >= 0.3 is 0 Å². The maximum atomic E-state index is 2.50. The fourth-order valence-electron chi connectivity index (χ4n) is 4.09. The molecular weight excluding hydrogens is 300 g/mol. The third-order valence-electron chi connectivity index (χ3n) is 6.05. The highest BCUT2D eigenvalue weighted by Gasteiger charge is 2.11. The van der Waals surface area contributed by atoms with Gasteiger partial charge < -0.3 is 0 Å². The van der Waals surface area contributed by atoms with Crippen molar-refractivity contribution in [3.63, 3.8) is 0 Å². The Labute approximate surface area is 161 Å². The molecule has 0 saturated heterocycles. The van der Waals surface area contributed by atoms with E-state index in [9.17, 15) is 0 Å². The molecule has 2 unspecified atom stereocenters. The number of unbranched alkanes of at least 4 members (excludes halogenated alkanes) is 11. The van der Waals surface area contributed by atoms with Crippen molar-refractivity contribution in [2.75, 3.05) is 0 Å². The van der Waals surface area contributed by atoms with Gasteiger partial charge in [0.1, 0.15) is 0 Å². The molecule has 0 aromatic heterocycles. The third kappa shape index (κ3) is 18.6. The van der Waals surface area contributed by atoms with E-state index in [0.29, 0.717) is 0 Å². The molecule has 0 aromatic carbocycles. The summed E-state index contributed by atoms with van der Waals surface area (Å²) in [7, 11) is 0. The summed E-state index contributed by atoms with van der Waals surface area (Å²) in [4.78, 5) is 0. The SMILES string of the molecule is CCCCCCCCC(CCCCCC)CCC(C)CCCCCC. The van der Waals surface area contributed by atoms with Crippen LogP contribution in [0.2, 0.25) is 0 Å². The topological polar surface area (TPSA) is 0 Å². The molecule has 0 saturated carbocycles. The van der Waals surface area contributed by atoms with Crippen molar-refractivity contribution in [2.45, 2.75) is 150 Å². The molecule has 0 fully saturated rings. The predicted molar refractivity (Wildman–Crippen MR) is 117 cm³/mol. The molecule has 0 aliphatic carbocycles. The summed E-state index contributed by atoms with van der Waals surface area (Å²) in [6.07, 6.45) is 27.7. The first-order valence-electron chi connectivity index (χ1n) is 12.2. The van der Waals surface area contributed by atoms with Crippen molar-refractivity contribution in [1.82, 2.24) is 0 Å². The van der Waals surface area contributed by atoms with E-state index in [0.717, 1.165) is 11.8 Å². The van der Waals surface area contributed by atoms with E-state index < -0.39 is 0 Å². The highest BCUT2D eigenvalue weighted by atomic mass is 14.2. The molecule has 0 aliphatic rings. The second-order valence-corrected chi connectivity index (χ2v) is 8.80. The van der Waals surface area contributed by atoms with Gasteiger partial charge in [-0.3, -0.25) is 0 Å². The fourth-order valence-corrected chi connectivity index (χ4v) is 4.09. The van der Waals surface area contributed by atoms with E-state index in [-0.39, 0.29) is 0 Å². The molecule has 0 amide bonds. The molecule has 0 aromatic rings. The molecule has 0 rings (SSSR count). The first kappa shape index (κ1) is 25.0. The number of hydrogen-bond acceptors (Lipinski definition) is 0. The molecular formula is C25H52. The van der Waals surface area contributed by atoms with Gasteiger partial charge in [0.05, 0.1) is 0 Å². The molecule has 0 spiro atoms. The Morgan fingerprint density at radius 3 is 1.32 bits per heavy atom. The standard InChI is InChI=1S/C25H52/c1-5-8-11-14-15-18-21-25(20-17-13-10-7-3)23-22-24(4)19-16-12-9-6-2/h24-25H,5-23H2,1-4H3. The van der Waals surface area contributed by atoms with E-state index >= 15 is 0 Å². The molecule has 0 nitrogen and oxygen atoms in total. The number of rotatable bonds is 20. The Bertz CT molecular complexity index is 232. The second-order valence-electron chi connectivity index (χ2n) is 8.80.